The maximum absolute atomic E-state index is 11.3. The van der Waals surface area contributed by atoms with E-state index in [4.69, 9.17) is 10.6 Å². The Balaban J connectivity index is 2.95. The molecule has 1 amide bonds. The van der Waals surface area contributed by atoms with Crippen LogP contribution in [0.15, 0.2) is 0 Å². The van der Waals surface area contributed by atoms with Gasteiger partial charge in [-0.05, 0) is 13.8 Å². The molecule has 0 aliphatic carbocycles. The highest BCUT2D eigenvalue weighted by molar-refractivity contribution is 5.80. The number of hydrogen-bond donors (Lipinski definition) is 3. The van der Waals surface area contributed by atoms with Crippen LogP contribution in [0.3, 0.4) is 0 Å². The van der Waals surface area contributed by atoms with Crippen molar-refractivity contribution in [1.29, 1.82) is 0 Å². The first-order chi connectivity index (χ1) is 8.96. The van der Waals surface area contributed by atoms with E-state index in [1.807, 2.05) is 13.8 Å². The highest BCUT2D eigenvalue weighted by Crippen LogP contribution is 2.14. The first-order valence-corrected chi connectivity index (χ1v) is 5.77. The molecule has 0 aromatic carbocycles. The van der Waals surface area contributed by atoms with Crippen LogP contribution in [-0.4, -0.2) is 47.6 Å². The van der Waals surface area contributed by atoms with Gasteiger partial charge in [-0.2, -0.15) is 15.0 Å². The predicted octanol–water partition coefficient (Wildman–Crippen LogP) is -0.873. The molecule has 0 unspecified atom stereocenters. The van der Waals surface area contributed by atoms with Gasteiger partial charge in [-0.3, -0.25) is 10.2 Å². The summed E-state index contributed by atoms with van der Waals surface area (Å²) in [7, 11) is 3.24. The molecule has 106 valence electrons. The van der Waals surface area contributed by atoms with Gasteiger partial charge in [0, 0.05) is 14.1 Å². The molecule has 1 heterocycles. The fourth-order valence-corrected chi connectivity index (χ4v) is 1.21. The minimum Gasteiger partial charge on any atom is -0.461 e. The third-order valence-corrected chi connectivity index (χ3v) is 2.07. The summed E-state index contributed by atoms with van der Waals surface area (Å²) in [6.07, 6.45) is -0.0786. The fraction of sp³-hybridized carbons (Fsp3) is 0.600. The fourth-order valence-electron chi connectivity index (χ4n) is 1.21. The Kier molecular flexibility index (Phi) is 5.24. The molecule has 4 N–H and O–H groups in total. The molecule has 1 rings (SSSR count). The zero-order valence-corrected chi connectivity index (χ0v) is 11.5. The number of amides is 1. The quantitative estimate of drug-likeness (QED) is 0.450. The number of rotatable bonds is 6. The molecular formula is C10H19N7O2. The molecule has 1 aromatic heterocycles. The van der Waals surface area contributed by atoms with Crippen LogP contribution in [0.5, 0.6) is 6.01 Å². The molecule has 0 radical (unpaired) electrons. The summed E-state index contributed by atoms with van der Waals surface area (Å²) in [6.45, 7) is 3.83. The van der Waals surface area contributed by atoms with Gasteiger partial charge in [-0.1, -0.05) is 0 Å². The van der Waals surface area contributed by atoms with Crippen molar-refractivity contribution in [2.45, 2.75) is 20.0 Å². The van der Waals surface area contributed by atoms with Gasteiger partial charge >= 0.3 is 6.01 Å². The van der Waals surface area contributed by atoms with Gasteiger partial charge in [0.2, 0.25) is 17.8 Å². The largest absolute Gasteiger partial charge is 0.461 e. The summed E-state index contributed by atoms with van der Waals surface area (Å²) in [5.74, 6) is 5.60. The van der Waals surface area contributed by atoms with E-state index in [9.17, 15) is 4.79 Å². The van der Waals surface area contributed by atoms with Crippen LogP contribution in [0.4, 0.5) is 11.9 Å². The first-order valence-electron chi connectivity index (χ1n) is 5.77. The normalized spacial score (nSPS) is 10.2. The second kappa shape index (κ2) is 6.69. The highest BCUT2D eigenvalue weighted by atomic mass is 16.5. The number of nitrogens with two attached hydrogens (primary N) is 1. The maximum atomic E-state index is 11.3. The number of hydrazine groups is 1. The Hall–Kier alpha value is -2.16. The molecular weight excluding hydrogens is 250 g/mol. The minimum atomic E-state index is -0.156. The van der Waals surface area contributed by atoms with Crippen molar-refractivity contribution in [1.82, 2.24) is 20.3 Å². The Morgan fingerprint density at radius 1 is 1.42 bits per heavy atom. The summed E-state index contributed by atoms with van der Waals surface area (Å²) >= 11 is 0. The topological polar surface area (TPSA) is 118 Å². The van der Waals surface area contributed by atoms with Crippen molar-refractivity contribution in [3.63, 3.8) is 0 Å². The number of anilines is 2. The molecule has 0 aliphatic heterocycles. The number of ether oxygens (including phenoxy) is 1. The van der Waals surface area contributed by atoms with Crippen LogP contribution in [0, 0.1) is 0 Å². The van der Waals surface area contributed by atoms with Crippen molar-refractivity contribution in [2.24, 2.45) is 5.84 Å². The molecule has 19 heavy (non-hydrogen) atoms. The highest BCUT2D eigenvalue weighted by Gasteiger charge is 2.13. The Bertz CT molecular complexity index is 438. The Labute approximate surface area is 111 Å². The monoisotopic (exact) mass is 269 g/mol. The number of nitrogens with one attached hydrogen (secondary N) is 2. The molecule has 0 saturated carbocycles. The van der Waals surface area contributed by atoms with E-state index < -0.39 is 0 Å². The number of hydrogen-bond acceptors (Lipinski definition) is 8. The first kappa shape index (κ1) is 14.9. The Morgan fingerprint density at radius 2 is 2.11 bits per heavy atom. The van der Waals surface area contributed by atoms with Crippen LogP contribution in [0.25, 0.3) is 0 Å². The van der Waals surface area contributed by atoms with Gasteiger partial charge in [0.05, 0.1) is 12.6 Å². The summed E-state index contributed by atoms with van der Waals surface area (Å²) in [5, 5.41) is 2.52. The summed E-state index contributed by atoms with van der Waals surface area (Å²) < 4.78 is 5.39. The molecule has 0 saturated heterocycles. The summed E-state index contributed by atoms with van der Waals surface area (Å²) in [6, 6.07) is 0.150. The number of nitrogen functional groups attached to an aromatic ring is 1. The molecule has 9 heteroatoms. The van der Waals surface area contributed by atoms with Gasteiger partial charge in [-0.25, -0.2) is 5.84 Å². The van der Waals surface area contributed by atoms with E-state index in [-0.39, 0.29) is 30.5 Å². The van der Waals surface area contributed by atoms with Crippen molar-refractivity contribution in [3.8, 4) is 6.01 Å². The number of likely N-dealkylation sites (N-methyl/N-ethyl adjacent to an activating group) is 2. The van der Waals surface area contributed by atoms with Crippen LogP contribution in [-0.2, 0) is 4.79 Å². The molecule has 0 spiro atoms. The van der Waals surface area contributed by atoms with Crippen LogP contribution in [0.2, 0.25) is 0 Å². The lowest BCUT2D eigenvalue weighted by Gasteiger charge is -2.17. The molecule has 0 atom stereocenters. The lowest BCUT2D eigenvalue weighted by Crippen LogP contribution is -2.34. The maximum Gasteiger partial charge on any atom is 0.323 e. The average molecular weight is 269 g/mol. The van der Waals surface area contributed by atoms with E-state index in [1.165, 1.54) is 0 Å². The van der Waals surface area contributed by atoms with Gasteiger partial charge in [0.15, 0.2) is 0 Å². The van der Waals surface area contributed by atoms with Crippen molar-refractivity contribution < 1.29 is 9.53 Å². The predicted molar refractivity (Wildman–Crippen MR) is 70.7 cm³/mol. The van der Waals surface area contributed by atoms with E-state index in [0.29, 0.717) is 5.95 Å². The van der Waals surface area contributed by atoms with Gasteiger partial charge in [0.25, 0.3) is 0 Å². The standard InChI is InChI=1S/C10H19N7O2/c1-6(2)19-10-14-8(16-11)13-9(15-10)17(4)5-7(18)12-3/h6H,5,11H2,1-4H3,(H,12,18)(H,13,14,15,16). The van der Waals surface area contributed by atoms with Crippen LogP contribution in [0.1, 0.15) is 13.8 Å². The van der Waals surface area contributed by atoms with Gasteiger partial charge in [0.1, 0.15) is 0 Å². The average Bonchev–Trinajstić information content (AvgIpc) is 2.37. The Morgan fingerprint density at radius 3 is 2.63 bits per heavy atom. The van der Waals surface area contributed by atoms with Gasteiger partial charge in [-0.15, -0.1) is 0 Å². The van der Waals surface area contributed by atoms with Crippen molar-refractivity contribution >= 4 is 17.8 Å². The van der Waals surface area contributed by atoms with E-state index in [0.717, 1.165) is 0 Å². The van der Waals surface area contributed by atoms with E-state index >= 15 is 0 Å². The molecule has 0 aliphatic rings. The second-order valence-corrected chi connectivity index (χ2v) is 4.08. The van der Waals surface area contributed by atoms with Crippen LogP contribution < -0.4 is 26.2 Å². The zero-order chi connectivity index (χ0) is 14.4. The third kappa shape index (κ3) is 4.54. The van der Waals surface area contributed by atoms with E-state index in [1.54, 1.807) is 19.0 Å². The van der Waals surface area contributed by atoms with Gasteiger partial charge < -0.3 is 15.0 Å². The lowest BCUT2D eigenvalue weighted by atomic mass is 10.5. The SMILES string of the molecule is CNC(=O)CN(C)c1nc(NN)nc(OC(C)C)n1. The minimum absolute atomic E-state index is 0.0786. The number of carbonyl (C=O) groups excluding carboxylic acids is 1. The van der Waals surface area contributed by atoms with Crippen LogP contribution >= 0.6 is 0 Å². The summed E-state index contributed by atoms with van der Waals surface area (Å²) in [5.41, 5.74) is 2.33. The smallest absolute Gasteiger partial charge is 0.323 e. The molecule has 0 bridgehead atoms. The zero-order valence-electron chi connectivity index (χ0n) is 11.5. The second-order valence-electron chi connectivity index (χ2n) is 4.08. The summed E-state index contributed by atoms with van der Waals surface area (Å²) in [4.78, 5) is 25.0. The number of carbonyl (C=O) groups is 1. The molecule has 9 nitrogen and oxygen atoms in total. The number of aromatic nitrogens is 3. The van der Waals surface area contributed by atoms with Crippen molar-refractivity contribution in [3.05, 3.63) is 0 Å². The number of nitrogens with zero attached hydrogens (tertiary/aromatic N) is 4. The third-order valence-electron chi connectivity index (χ3n) is 2.07. The lowest BCUT2D eigenvalue weighted by molar-refractivity contribution is -0.119. The molecule has 0 fully saturated rings. The van der Waals surface area contributed by atoms with Crippen molar-refractivity contribution in [2.75, 3.05) is 31.0 Å². The molecule has 1 aromatic rings. The van der Waals surface area contributed by atoms with E-state index in [2.05, 4.69) is 25.7 Å².